The second-order valence-electron chi connectivity index (χ2n) is 7.65. The Bertz CT molecular complexity index is 1230. The number of ether oxygens (including phenoxy) is 1. The van der Waals surface area contributed by atoms with Crippen molar-refractivity contribution < 1.29 is 9.53 Å². The molecule has 0 radical (unpaired) electrons. The number of carbonyl (C=O) groups excluding carboxylic acids is 1. The highest BCUT2D eigenvalue weighted by atomic mass is 35.5. The van der Waals surface area contributed by atoms with Crippen molar-refractivity contribution in [2.75, 3.05) is 17.8 Å². The van der Waals surface area contributed by atoms with Gasteiger partial charge in [0.25, 0.3) is 0 Å². The average Bonchev–Trinajstić information content (AvgIpc) is 3.28. The number of fused-ring (bicyclic) bond motifs is 1. The van der Waals surface area contributed by atoms with Gasteiger partial charge >= 0.3 is 0 Å². The lowest BCUT2D eigenvalue weighted by Crippen LogP contribution is -2.30. The molecule has 0 N–H and O–H groups in total. The normalized spacial score (nSPS) is 11.0. The minimum absolute atomic E-state index is 0.0532. The molecule has 0 spiro atoms. The highest BCUT2D eigenvalue weighted by molar-refractivity contribution is 7.99. The minimum Gasteiger partial charge on any atom is -0.494 e. The summed E-state index contributed by atoms with van der Waals surface area (Å²) in [5.41, 5.74) is 2.99. The first-order chi connectivity index (χ1) is 16.0. The van der Waals surface area contributed by atoms with Crippen LogP contribution in [0.4, 0.5) is 5.13 Å². The number of benzene rings is 3. The van der Waals surface area contributed by atoms with E-state index in [-0.39, 0.29) is 5.91 Å². The molecule has 1 heterocycles. The molecule has 0 aliphatic heterocycles. The first-order valence-electron chi connectivity index (χ1n) is 10.7. The van der Waals surface area contributed by atoms with Crippen LogP contribution < -0.4 is 9.64 Å². The fourth-order valence-corrected chi connectivity index (χ4v) is 5.56. The van der Waals surface area contributed by atoms with E-state index in [0.717, 1.165) is 22.4 Å². The van der Waals surface area contributed by atoms with Gasteiger partial charge in [-0.15, -0.1) is 11.8 Å². The van der Waals surface area contributed by atoms with E-state index in [2.05, 4.69) is 31.2 Å². The van der Waals surface area contributed by atoms with Crippen molar-refractivity contribution in [3.63, 3.8) is 0 Å². The third-order valence-corrected chi connectivity index (χ3v) is 7.84. The topological polar surface area (TPSA) is 42.4 Å². The van der Waals surface area contributed by atoms with Crippen LogP contribution in [0, 0.1) is 6.92 Å². The monoisotopic (exact) mass is 496 g/mol. The van der Waals surface area contributed by atoms with E-state index in [1.807, 2.05) is 30.3 Å². The zero-order valence-electron chi connectivity index (χ0n) is 18.6. The fourth-order valence-electron chi connectivity index (χ4n) is 3.43. The van der Waals surface area contributed by atoms with E-state index in [1.54, 1.807) is 35.9 Å². The number of anilines is 1. The van der Waals surface area contributed by atoms with Crippen molar-refractivity contribution in [1.29, 1.82) is 0 Å². The Labute approximate surface area is 207 Å². The molecule has 0 aliphatic carbocycles. The molecule has 4 aromatic rings. The standard InChI is InChI=1S/C26H25ClN2O2S2/c1-18-10-12-20(13-11-18)32-16-6-9-23(30)29(17-19-7-4-3-5-8-19)26-28-24-22(31-2)15-14-21(27)25(24)33-26/h3-5,7-8,10-15H,6,9,16-17H2,1-2H3. The second-order valence-corrected chi connectivity index (χ2v) is 10.2. The van der Waals surface area contributed by atoms with Crippen LogP contribution in [-0.2, 0) is 11.3 Å². The molecule has 4 nitrogen and oxygen atoms in total. The van der Waals surface area contributed by atoms with Crippen LogP contribution in [0.15, 0.2) is 71.6 Å². The number of thioether (sulfide) groups is 1. The summed E-state index contributed by atoms with van der Waals surface area (Å²) in [6.45, 7) is 2.55. The number of halogens is 1. The SMILES string of the molecule is COc1ccc(Cl)c2sc(N(Cc3ccccc3)C(=O)CCCSc3ccc(C)cc3)nc12. The number of amides is 1. The Morgan fingerprint density at radius 1 is 1.09 bits per heavy atom. The zero-order chi connectivity index (χ0) is 23.2. The first-order valence-corrected chi connectivity index (χ1v) is 12.9. The maximum Gasteiger partial charge on any atom is 0.229 e. The van der Waals surface area contributed by atoms with E-state index in [0.29, 0.717) is 34.4 Å². The lowest BCUT2D eigenvalue weighted by molar-refractivity contribution is -0.118. The number of aryl methyl sites for hydroxylation is 1. The molecule has 0 saturated heterocycles. The van der Waals surface area contributed by atoms with Crippen LogP contribution in [-0.4, -0.2) is 23.8 Å². The molecule has 0 aliphatic rings. The van der Waals surface area contributed by atoms with E-state index in [1.165, 1.54) is 21.8 Å². The molecule has 33 heavy (non-hydrogen) atoms. The van der Waals surface area contributed by atoms with Crippen molar-refractivity contribution >= 4 is 56.0 Å². The van der Waals surface area contributed by atoms with Gasteiger partial charge in [0.1, 0.15) is 11.3 Å². The lowest BCUT2D eigenvalue weighted by atomic mass is 10.2. The third-order valence-electron chi connectivity index (χ3n) is 5.21. The molecule has 1 aromatic heterocycles. The van der Waals surface area contributed by atoms with Crippen LogP contribution in [0.1, 0.15) is 24.0 Å². The van der Waals surface area contributed by atoms with Crippen molar-refractivity contribution in [3.8, 4) is 5.75 Å². The molecule has 1 amide bonds. The summed E-state index contributed by atoms with van der Waals surface area (Å²) in [5.74, 6) is 1.59. The average molecular weight is 497 g/mol. The van der Waals surface area contributed by atoms with Crippen LogP contribution in [0.2, 0.25) is 5.02 Å². The maximum atomic E-state index is 13.3. The summed E-state index contributed by atoms with van der Waals surface area (Å²) in [4.78, 5) is 21.1. The van der Waals surface area contributed by atoms with Gasteiger partial charge in [-0.25, -0.2) is 4.98 Å². The van der Waals surface area contributed by atoms with Gasteiger partial charge in [-0.2, -0.15) is 0 Å². The number of nitrogens with zero attached hydrogens (tertiary/aromatic N) is 2. The van der Waals surface area contributed by atoms with Gasteiger partial charge < -0.3 is 4.74 Å². The Morgan fingerprint density at radius 3 is 2.58 bits per heavy atom. The van der Waals surface area contributed by atoms with Crippen molar-refractivity contribution in [2.24, 2.45) is 0 Å². The molecule has 0 bridgehead atoms. The van der Waals surface area contributed by atoms with Crippen molar-refractivity contribution in [2.45, 2.75) is 31.2 Å². The van der Waals surface area contributed by atoms with Gasteiger partial charge in [0.2, 0.25) is 5.91 Å². The molecular weight excluding hydrogens is 472 g/mol. The van der Waals surface area contributed by atoms with Crippen LogP contribution >= 0.6 is 34.7 Å². The predicted molar refractivity (Wildman–Crippen MR) is 140 cm³/mol. The van der Waals surface area contributed by atoms with Crippen molar-refractivity contribution in [3.05, 3.63) is 82.9 Å². The lowest BCUT2D eigenvalue weighted by Gasteiger charge is -2.20. The molecule has 0 unspecified atom stereocenters. The van der Waals surface area contributed by atoms with Gasteiger partial charge in [0.15, 0.2) is 5.13 Å². The summed E-state index contributed by atoms with van der Waals surface area (Å²) in [6.07, 6.45) is 1.24. The fraction of sp³-hybridized carbons (Fsp3) is 0.231. The van der Waals surface area contributed by atoms with E-state index in [9.17, 15) is 4.79 Å². The third kappa shape index (κ3) is 5.88. The summed E-state index contributed by atoms with van der Waals surface area (Å²) in [5, 5.41) is 1.24. The van der Waals surface area contributed by atoms with Gasteiger partial charge in [-0.05, 0) is 48.9 Å². The van der Waals surface area contributed by atoms with Gasteiger partial charge in [0, 0.05) is 11.3 Å². The summed E-state index contributed by atoms with van der Waals surface area (Å²) in [6, 6.07) is 22.1. The molecular formula is C26H25ClN2O2S2. The van der Waals surface area contributed by atoms with E-state index in [4.69, 9.17) is 21.3 Å². The van der Waals surface area contributed by atoms with Crippen LogP contribution in [0.3, 0.4) is 0 Å². The first kappa shape index (κ1) is 23.6. The molecule has 0 fully saturated rings. The number of aromatic nitrogens is 1. The van der Waals surface area contributed by atoms with E-state index < -0.39 is 0 Å². The Hall–Kier alpha value is -2.54. The largest absolute Gasteiger partial charge is 0.494 e. The van der Waals surface area contributed by atoms with Gasteiger partial charge in [-0.3, -0.25) is 9.69 Å². The van der Waals surface area contributed by atoms with Crippen LogP contribution in [0.5, 0.6) is 5.75 Å². The Morgan fingerprint density at radius 2 is 1.85 bits per heavy atom. The number of rotatable bonds is 9. The smallest absolute Gasteiger partial charge is 0.229 e. The number of thiazole rings is 1. The highest BCUT2D eigenvalue weighted by Crippen LogP contribution is 2.39. The predicted octanol–water partition coefficient (Wildman–Crippen LogP) is 7.37. The Balaban J connectivity index is 1.52. The number of hydrogen-bond donors (Lipinski definition) is 0. The van der Waals surface area contributed by atoms with Crippen LogP contribution in [0.25, 0.3) is 10.2 Å². The summed E-state index contributed by atoms with van der Waals surface area (Å²) >= 11 is 9.62. The minimum atomic E-state index is 0.0532. The molecule has 0 saturated carbocycles. The van der Waals surface area contributed by atoms with Gasteiger partial charge in [0.05, 0.1) is 23.4 Å². The number of hydrogen-bond acceptors (Lipinski definition) is 5. The molecule has 170 valence electrons. The number of carbonyl (C=O) groups is 1. The zero-order valence-corrected chi connectivity index (χ0v) is 21.0. The molecule has 7 heteroatoms. The maximum absolute atomic E-state index is 13.3. The van der Waals surface area contributed by atoms with Crippen molar-refractivity contribution in [1.82, 2.24) is 4.98 Å². The second kappa shape index (κ2) is 11.1. The Kier molecular flexibility index (Phi) is 7.91. The number of methoxy groups -OCH3 is 1. The molecule has 3 aromatic carbocycles. The molecule has 4 rings (SSSR count). The molecule has 0 atom stereocenters. The summed E-state index contributed by atoms with van der Waals surface area (Å²) < 4.78 is 6.29. The quantitative estimate of drug-likeness (QED) is 0.179. The van der Waals surface area contributed by atoms with Gasteiger partial charge in [-0.1, -0.05) is 71.0 Å². The highest BCUT2D eigenvalue weighted by Gasteiger charge is 2.22. The summed E-state index contributed by atoms with van der Waals surface area (Å²) in [7, 11) is 1.61. The van der Waals surface area contributed by atoms with E-state index >= 15 is 0 Å².